The van der Waals surface area contributed by atoms with Crippen LogP contribution >= 0.6 is 11.3 Å². The minimum Gasteiger partial charge on any atom is -0.491 e. The van der Waals surface area contributed by atoms with E-state index in [0.717, 1.165) is 23.5 Å². The summed E-state index contributed by atoms with van der Waals surface area (Å²) in [6.07, 6.45) is 2.54. The highest BCUT2D eigenvalue weighted by atomic mass is 32.1. The Morgan fingerprint density at radius 1 is 1.27 bits per heavy atom. The van der Waals surface area contributed by atoms with Gasteiger partial charge in [0.15, 0.2) is 0 Å². The first-order chi connectivity index (χ1) is 10.6. The molecule has 22 heavy (non-hydrogen) atoms. The van der Waals surface area contributed by atoms with Crippen LogP contribution in [0.5, 0.6) is 5.75 Å². The third kappa shape index (κ3) is 5.90. The maximum absolute atomic E-state index is 11.8. The van der Waals surface area contributed by atoms with Gasteiger partial charge in [0.1, 0.15) is 5.75 Å². The Bertz CT molecular complexity index is 579. The second kappa shape index (κ2) is 8.59. The summed E-state index contributed by atoms with van der Waals surface area (Å²) in [4.78, 5) is 12.9. The van der Waals surface area contributed by atoms with Crippen molar-refractivity contribution in [3.63, 3.8) is 0 Å². The van der Waals surface area contributed by atoms with Crippen LogP contribution in [0.25, 0.3) is 0 Å². The fourth-order valence-electron chi connectivity index (χ4n) is 2.20. The largest absolute Gasteiger partial charge is 0.491 e. The third-order valence-corrected chi connectivity index (χ3v) is 4.03. The zero-order chi connectivity index (χ0) is 15.8. The van der Waals surface area contributed by atoms with Gasteiger partial charge in [-0.05, 0) is 55.8 Å². The van der Waals surface area contributed by atoms with Crippen molar-refractivity contribution >= 4 is 17.2 Å². The number of ether oxygens (including phenoxy) is 1. The first kappa shape index (κ1) is 16.6. The number of carbonyl (C=O) groups is 1. The van der Waals surface area contributed by atoms with Crippen molar-refractivity contribution in [1.82, 2.24) is 5.32 Å². The summed E-state index contributed by atoms with van der Waals surface area (Å²) in [5.41, 5.74) is 1.24. The zero-order valence-corrected chi connectivity index (χ0v) is 14.0. The molecule has 0 spiro atoms. The Morgan fingerprint density at radius 2 is 2.14 bits per heavy atom. The van der Waals surface area contributed by atoms with Gasteiger partial charge in [0.25, 0.3) is 0 Å². The normalized spacial score (nSPS) is 10.7. The summed E-state index contributed by atoms with van der Waals surface area (Å²) in [6, 6.07) is 12.1. The van der Waals surface area contributed by atoms with Crippen LogP contribution in [0.15, 0.2) is 41.8 Å². The van der Waals surface area contributed by atoms with Gasteiger partial charge in [-0.15, -0.1) is 11.3 Å². The molecule has 0 bridgehead atoms. The van der Waals surface area contributed by atoms with E-state index in [-0.39, 0.29) is 12.0 Å². The van der Waals surface area contributed by atoms with Crippen molar-refractivity contribution in [3.8, 4) is 5.75 Å². The summed E-state index contributed by atoms with van der Waals surface area (Å²) in [6.45, 7) is 4.76. The molecule has 0 saturated carbocycles. The molecular formula is C18H23NO2S. The number of thiophene rings is 1. The van der Waals surface area contributed by atoms with Crippen LogP contribution in [0.3, 0.4) is 0 Å². The molecule has 1 aromatic heterocycles. The molecule has 0 aliphatic carbocycles. The van der Waals surface area contributed by atoms with Gasteiger partial charge in [-0.2, -0.15) is 0 Å². The van der Waals surface area contributed by atoms with Crippen molar-refractivity contribution in [2.45, 2.75) is 39.2 Å². The predicted molar refractivity (Wildman–Crippen MR) is 91.6 cm³/mol. The lowest BCUT2D eigenvalue weighted by molar-refractivity contribution is -0.120. The topological polar surface area (TPSA) is 38.3 Å². The van der Waals surface area contributed by atoms with E-state index in [1.807, 2.05) is 43.5 Å². The van der Waals surface area contributed by atoms with Crippen LogP contribution in [-0.2, 0) is 17.6 Å². The van der Waals surface area contributed by atoms with Gasteiger partial charge < -0.3 is 10.1 Å². The lowest BCUT2D eigenvalue weighted by Gasteiger charge is -2.11. The van der Waals surface area contributed by atoms with Gasteiger partial charge in [-0.25, -0.2) is 0 Å². The second-order valence-electron chi connectivity index (χ2n) is 5.52. The maximum Gasteiger partial charge on any atom is 0.225 e. The molecule has 0 radical (unpaired) electrons. The standard InChI is InChI=1S/C18H23NO2S/c1-14(2)21-16-8-3-6-15(12-16)7-4-10-19-18(20)13-17-9-5-11-22-17/h3,5-6,8-9,11-12,14H,4,7,10,13H2,1-2H3,(H,19,20). The Labute approximate surface area is 136 Å². The highest BCUT2D eigenvalue weighted by Gasteiger charge is 2.04. The van der Waals surface area contributed by atoms with Gasteiger partial charge in [0.05, 0.1) is 12.5 Å². The van der Waals surface area contributed by atoms with E-state index in [9.17, 15) is 4.79 Å². The van der Waals surface area contributed by atoms with E-state index in [1.54, 1.807) is 11.3 Å². The van der Waals surface area contributed by atoms with Crippen LogP contribution in [0, 0.1) is 0 Å². The molecule has 0 aliphatic rings. The van der Waals surface area contributed by atoms with Crippen molar-refractivity contribution in [2.24, 2.45) is 0 Å². The average molecular weight is 317 g/mol. The second-order valence-corrected chi connectivity index (χ2v) is 6.56. The number of nitrogens with one attached hydrogen (secondary N) is 1. The quantitative estimate of drug-likeness (QED) is 0.752. The van der Waals surface area contributed by atoms with Crippen molar-refractivity contribution < 1.29 is 9.53 Å². The van der Waals surface area contributed by atoms with Crippen LogP contribution in [0.1, 0.15) is 30.7 Å². The number of benzene rings is 1. The number of aryl methyl sites for hydroxylation is 1. The van der Waals surface area contributed by atoms with Crippen LogP contribution in [0.2, 0.25) is 0 Å². The molecule has 1 N–H and O–H groups in total. The van der Waals surface area contributed by atoms with E-state index in [4.69, 9.17) is 4.74 Å². The molecule has 1 heterocycles. The third-order valence-electron chi connectivity index (χ3n) is 3.15. The number of carbonyl (C=O) groups excluding carboxylic acids is 1. The smallest absolute Gasteiger partial charge is 0.225 e. The molecule has 2 aromatic rings. The molecule has 3 nitrogen and oxygen atoms in total. The Kier molecular flexibility index (Phi) is 6.46. The minimum absolute atomic E-state index is 0.0966. The summed E-state index contributed by atoms with van der Waals surface area (Å²) >= 11 is 1.62. The maximum atomic E-state index is 11.8. The molecule has 118 valence electrons. The number of hydrogen-bond acceptors (Lipinski definition) is 3. The predicted octanol–water partition coefficient (Wildman–Crippen LogP) is 3.83. The van der Waals surface area contributed by atoms with Gasteiger partial charge >= 0.3 is 0 Å². The molecule has 2 rings (SSSR count). The van der Waals surface area contributed by atoms with E-state index in [0.29, 0.717) is 13.0 Å². The van der Waals surface area contributed by atoms with Crippen LogP contribution in [-0.4, -0.2) is 18.6 Å². The molecule has 0 aliphatic heterocycles. The SMILES string of the molecule is CC(C)Oc1cccc(CCCNC(=O)Cc2cccs2)c1. The van der Waals surface area contributed by atoms with Crippen molar-refractivity contribution in [3.05, 3.63) is 52.2 Å². The van der Waals surface area contributed by atoms with Crippen molar-refractivity contribution in [1.29, 1.82) is 0 Å². The average Bonchev–Trinajstić information content (AvgIpc) is 2.96. The summed E-state index contributed by atoms with van der Waals surface area (Å²) in [7, 11) is 0. The minimum atomic E-state index is 0.0966. The molecule has 4 heteroatoms. The fraction of sp³-hybridized carbons (Fsp3) is 0.389. The Hall–Kier alpha value is -1.81. The van der Waals surface area contributed by atoms with Gasteiger partial charge in [0, 0.05) is 11.4 Å². The molecule has 0 atom stereocenters. The zero-order valence-electron chi connectivity index (χ0n) is 13.2. The molecule has 1 amide bonds. The van der Waals surface area contributed by atoms with Crippen LogP contribution < -0.4 is 10.1 Å². The first-order valence-corrected chi connectivity index (χ1v) is 8.56. The van der Waals surface area contributed by atoms with Gasteiger partial charge in [0.2, 0.25) is 5.91 Å². The first-order valence-electron chi connectivity index (χ1n) is 7.68. The Morgan fingerprint density at radius 3 is 2.86 bits per heavy atom. The van der Waals surface area contributed by atoms with Crippen LogP contribution in [0.4, 0.5) is 0 Å². The molecule has 0 fully saturated rings. The lowest BCUT2D eigenvalue weighted by Crippen LogP contribution is -2.26. The number of amides is 1. The molecular weight excluding hydrogens is 294 g/mol. The van der Waals surface area contributed by atoms with Crippen molar-refractivity contribution in [2.75, 3.05) is 6.54 Å². The van der Waals surface area contributed by atoms with E-state index < -0.39 is 0 Å². The highest BCUT2D eigenvalue weighted by molar-refractivity contribution is 7.10. The number of hydrogen-bond donors (Lipinski definition) is 1. The molecule has 0 unspecified atom stereocenters. The van der Waals surface area contributed by atoms with E-state index >= 15 is 0 Å². The van der Waals surface area contributed by atoms with Gasteiger partial charge in [-0.3, -0.25) is 4.79 Å². The van der Waals surface area contributed by atoms with Gasteiger partial charge in [-0.1, -0.05) is 18.2 Å². The monoisotopic (exact) mass is 317 g/mol. The lowest BCUT2D eigenvalue weighted by atomic mass is 10.1. The summed E-state index contributed by atoms with van der Waals surface area (Å²) in [5.74, 6) is 1.01. The molecule has 1 aromatic carbocycles. The summed E-state index contributed by atoms with van der Waals surface area (Å²) in [5, 5.41) is 4.97. The van der Waals surface area contributed by atoms with E-state index in [2.05, 4.69) is 17.4 Å². The molecule has 0 saturated heterocycles. The summed E-state index contributed by atoms with van der Waals surface area (Å²) < 4.78 is 5.69. The fourth-order valence-corrected chi connectivity index (χ4v) is 2.90. The Balaban J connectivity index is 1.69. The van der Waals surface area contributed by atoms with E-state index in [1.165, 1.54) is 5.56 Å². The highest BCUT2D eigenvalue weighted by Crippen LogP contribution is 2.16. The number of rotatable bonds is 8.